The van der Waals surface area contributed by atoms with Gasteiger partial charge in [0.1, 0.15) is 0 Å². The molecule has 1 heterocycles. The number of rotatable bonds is 4. The molecule has 4 nitrogen and oxygen atoms in total. The quantitative estimate of drug-likeness (QED) is 0.880. The van der Waals surface area contributed by atoms with Gasteiger partial charge in [-0.25, -0.2) is 4.98 Å². The van der Waals surface area contributed by atoms with Crippen molar-refractivity contribution in [3.05, 3.63) is 15.6 Å². The second kappa shape index (κ2) is 5.80. The summed E-state index contributed by atoms with van der Waals surface area (Å²) in [5.74, 6) is -0.289. The predicted octanol–water partition coefficient (Wildman–Crippen LogP) is 2.97. The van der Waals surface area contributed by atoms with Crippen LogP contribution >= 0.6 is 11.3 Å². The fraction of sp³-hybridized carbons (Fsp3) is 0.692. The van der Waals surface area contributed by atoms with E-state index in [1.807, 2.05) is 6.92 Å². The molecule has 0 bridgehead atoms. The minimum Gasteiger partial charge on any atom is -0.481 e. The van der Waals surface area contributed by atoms with E-state index in [1.165, 1.54) is 32.1 Å². The molecule has 0 spiro atoms. The van der Waals surface area contributed by atoms with Crippen LogP contribution in [0.1, 0.15) is 66.1 Å². The van der Waals surface area contributed by atoms with Gasteiger partial charge in [0.2, 0.25) is 0 Å². The normalized spacial score (nSPS) is 18.8. The van der Waals surface area contributed by atoms with Crippen LogP contribution in [0.2, 0.25) is 0 Å². The number of nitrogens with two attached hydrogens (primary N) is 1. The molecule has 1 saturated carbocycles. The van der Waals surface area contributed by atoms with Gasteiger partial charge in [0.05, 0.1) is 23.2 Å². The van der Waals surface area contributed by atoms with Gasteiger partial charge in [-0.05, 0) is 19.8 Å². The number of aromatic nitrogens is 1. The number of aryl methyl sites for hydroxylation is 1. The first kappa shape index (κ1) is 13.5. The minimum atomic E-state index is -0.852. The van der Waals surface area contributed by atoms with Crippen molar-refractivity contribution in [1.29, 1.82) is 0 Å². The number of hydrogen-bond donors (Lipinski definition) is 2. The monoisotopic (exact) mass is 268 g/mol. The topological polar surface area (TPSA) is 76.2 Å². The number of thiazole rings is 1. The fourth-order valence-electron chi connectivity index (χ4n) is 2.58. The molecule has 0 aromatic carbocycles. The van der Waals surface area contributed by atoms with E-state index >= 15 is 0 Å². The molecule has 100 valence electrons. The van der Waals surface area contributed by atoms with Crippen LogP contribution in [0.3, 0.4) is 0 Å². The molecule has 1 aromatic heterocycles. The molecule has 1 atom stereocenters. The molecule has 5 heteroatoms. The molecule has 1 fully saturated rings. The molecule has 0 saturated heterocycles. The summed E-state index contributed by atoms with van der Waals surface area (Å²) >= 11 is 1.62. The third-order valence-corrected chi connectivity index (χ3v) is 4.99. The second-order valence-corrected chi connectivity index (χ2v) is 6.10. The average Bonchev–Trinajstić information content (AvgIpc) is 2.72. The molecule has 1 aromatic rings. The Morgan fingerprint density at radius 1 is 1.50 bits per heavy atom. The maximum Gasteiger partial charge on any atom is 0.305 e. The highest BCUT2D eigenvalue weighted by Gasteiger charge is 2.23. The lowest BCUT2D eigenvalue weighted by Crippen LogP contribution is -2.14. The van der Waals surface area contributed by atoms with E-state index in [9.17, 15) is 4.79 Å². The summed E-state index contributed by atoms with van der Waals surface area (Å²) < 4.78 is 0. The number of carbonyl (C=O) groups is 1. The summed E-state index contributed by atoms with van der Waals surface area (Å²) in [7, 11) is 0. The molecule has 0 amide bonds. The summed E-state index contributed by atoms with van der Waals surface area (Å²) in [5, 5.41) is 9.95. The minimum absolute atomic E-state index is 0.0207. The van der Waals surface area contributed by atoms with E-state index in [1.54, 1.807) is 11.3 Å². The van der Waals surface area contributed by atoms with Gasteiger partial charge in [-0.15, -0.1) is 11.3 Å². The standard InChI is InChI=1S/C13H20N2O2S/c1-8-12(10(14)7-11(16)17)18-13(15-8)9-5-3-2-4-6-9/h9-10H,2-7,14H2,1H3,(H,16,17). The third kappa shape index (κ3) is 3.09. The number of carboxylic acid groups (broad SMARTS) is 1. The fourth-order valence-corrected chi connectivity index (χ4v) is 3.82. The maximum atomic E-state index is 10.7. The summed E-state index contributed by atoms with van der Waals surface area (Å²) in [6.07, 6.45) is 6.28. The lowest BCUT2D eigenvalue weighted by molar-refractivity contribution is -0.137. The Kier molecular flexibility index (Phi) is 4.35. The van der Waals surface area contributed by atoms with Gasteiger partial charge in [0.15, 0.2) is 0 Å². The van der Waals surface area contributed by atoms with E-state index in [-0.39, 0.29) is 6.42 Å². The van der Waals surface area contributed by atoms with Gasteiger partial charge >= 0.3 is 5.97 Å². The van der Waals surface area contributed by atoms with Crippen LogP contribution in [0, 0.1) is 6.92 Å². The van der Waals surface area contributed by atoms with Crippen molar-refractivity contribution in [2.75, 3.05) is 0 Å². The Hall–Kier alpha value is -0.940. The van der Waals surface area contributed by atoms with Gasteiger partial charge in [0, 0.05) is 10.8 Å². The Morgan fingerprint density at radius 2 is 2.17 bits per heavy atom. The van der Waals surface area contributed by atoms with Crippen LogP contribution in [0.15, 0.2) is 0 Å². The first-order chi connectivity index (χ1) is 8.58. The van der Waals surface area contributed by atoms with E-state index < -0.39 is 12.0 Å². The molecular formula is C13H20N2O2S. The first-order valence-corrected chi connectivity index (χ1v) is 7.34. The van der Waals surface area contributed by atoms with Crippen LogP contribution in [0.5, 0.6) is 0 Å². The molecule has 3 N–H and O–H groups in total. The highest BCUT2D eigenvalue weighted by Crippen LogP contribution is 2.37. The summed E-state index contributed by atoms with van der Waals surface area (Å²) in [6.45, 7) is 1.93. The summed E-state index contributed by atoms with van der Waals surface area (Å²) in [6, 6.07) is -0.419. The molecule has 18 heavy (non-hydrogen) atoms. The van der Waals surface area contributed by atoms with Gasteiger partial charge in [-0.2, -0.15) is 0 Å². The Labute approximate surface area is 111 Å². The Bertz CT molecular complexity index is 425. The van der Waals surface area contributed by atoms with Crippen molar-refractivity contribution >= 4 is 17.3 Å². The molecule has 2 rings (SSSR count). The number of nitrogens with zero attached hydrogens (tertiary/aromatic N) is 1. The van der Waals surface area contributed by atoms with E-state index in [0.717, 1.165) is 15.6 Å². The van der Waals surface area contributed by atoms with E-state index in [2.05, 4.69) is 4.98 Å². The molecule has 0 radical (unpaired) electrons. The van der Waals surface area contributed by atoms with E-state index in [4.69, 9.17) is 10.8 Å². The lowest BCUT2D eigenvalue weighted by Gasteiger charge is -2.18. The highest BCUT2D eigenvalue weighted by atomic mass is 32.1. The third-order valence-electron chi connectivity index (χ3n) is 3.53. The Morgan fingerprint density at radius 3 is 2.78 bits per heavy atom. The smallest absolute Gasteiger partial charge is 0.305 e. The molecular weight excluding hydrogens is 248 g/mol. The SMILES string of the molecule is Cc1nc(C2CCCCC2)sc1C(N)CC(=O)O. The highest BCUT2D eigenvalue weighted by molar-refractivity contribution is 7.11. The van der Waals surface area contributed by atoms with Crippen molar-refractivity contribution in [3.63, 3.8) is 0 Å². The van der Waals surface area contributed by atoms with Gasteiger partial charge < -0.3 is 10.8 Å². The van der Waals surface area contributed by atoms with Crippen molar-refractivity contribution in [2.45, 2.75) is 57.4 Å². The predicted molar refractivity (Wildman–Crippen MR) is 71.9 cm³/mol. The van der Waals surface area contributed by atoms with Gasteiger partial charge in [0.25, 0.3) is 0 Å². The van der Waals surface area contributed by atoms with E-state index in [0.29, 0.717) is 5.92 Å². The van der Waals surface area contributed by atoms with Gasteiger partial charge in [-0.1, -0.05) is 19.3 Å². The number of carboxylic acids is 1. The zero-order valence-electron chi connectivity index (χ0n) is 10.7. The van der Waals surface area contributed by atoms with Crippen molar-refractivity contribution in [3.8, 4) is 0 Å². The van der Waals surface area contributed by atoms with Crippen LogP contribution in [0.25, 0.3) is 0 Å². The van der Waals surface area contributed by atoms with Gasteiger partial charge in [-0.3, -0.25) is 4.79 Å². The maximum absolute atomic E-state index is 10.7. The van der Waals surface area contributed by atoms with Crippen LogP contribution < -0.4 is 5.73 Å². The number of aliphatic carboxylic acids is 1. The lowest BCUT2D eigenvalue weighted by atomic mass is 9.90. The van der Waals surface area contributed by atoms with Crippen LogP contribution in [-0.4, -0.2) is 16.1 Å². The molecule has 1 aliphatic carbocycles. The van der Waals surface area contributed by atoms with Crippen molar-refractivity contribution in [1.82, 2.24) is 4.98 Å². The largest absolute Gasteiger partial charge is 0.481 e. The first-order valence-electron chi connectivity index (χ1n) is 6.52. The second-order valence-electron chi connectivity index (χ2n) is 5.04. The van der Waals surface area contributed by atoms with Crippen molar-refractivity contribution < 1.29 is 9.90 Å². The molecule has 1 aliphatic rings. The average molecular weight is 268 g/mol. The van der Waals surface area contributed by atoms with Crippen LogP contribution in [-0.2, 0) is 4.79 Å². The summed E-state index contributed by atoms with van der Waals surface area (Å²) in [4.78, 5) is 16.3. The number of hydrogen-bond acceptors (Lipinski definition) is 4. The molecule has 0 aliphatic heterocycles. The molecule has 1 unspecified atom stereocenters. The summed E-state index contributed by atoms with van der Waals surface area (Å²) in [5.41, 5.74) is 6.84. The van der Waals surface area contributed by atoms with Crippen LogP contribution in [0.4, 0.5) is 0 Å². The Balaban J connectivity index is 2.12. The zero-order valence-corrected chi connectivity index (χ0v) is 11.5. The van der Waals surface area contributed by atoms with Crippen molar-refractivity contribution in [2.24, 2.45) is 5.73 Å². The zero-order chi connectivity index (χ0) is 13.1.